The zero-order chi connectivity index (χ0) is 17.6. The molecule has 2 aromatic carbocycles. The molecule has 1 aromatic heterocycles. The number of furan rings is 1. The standard InChI is InChI=1S/C19H15FN2O3/c20-14-5-1-4-13(10-14)11-18(23)21-15-6-2-7-16(12-15)22-19(24)17-8-3-9-25-17/h1-10,12H,11H2,(H,21,23)(H,22,24). The maximum Gasteiger partial charge on any atom is 0.291 e. The lowest BCUT2D eigenvalue weighted by Gasteiger charge is -2.08. The van der Waals surface area contributed by atoms with Gasteiger partial charge in [0.2, 0.25) is 5.91 Å². The molecule has 1 heterocycles. The van der Waals surface area contributed by atoms with Crippen molar-refractivity contribution in [2.45, 2.75) is 6.42 Å². The SMILES string of the molecule is O=C(Cc1cccc(F)c1)Nc1cccc(NC(=O)c2ccco2)c1. The molecule has 0 atom stereocenters. The van der Waals surface area contributed by atoms with E-state index in [-0.39, 0.29) is 29.8 Å². The van der Waals surface area contributed by atoms with Crippen LogP contribution in [0.4, 0.5) is 15.8 Å². The molecule has 0 aliphatic heterocycles. The number of hydrogen-bond donors (Lipinski definition) is 2. The molecule has 5 nitrogen and oxygen atoms in total. The third-order valence-corrected chi connectivity index (χ3v) is 3.40. The van der Waals surface area contributed by atoms with Crippen LogP contribution in [-0.2, 0) is 11.2 Å². The van der Waals surface area contributed by atoms with Crippen molar-refractivity contribution in [3.8, 4) is 0 Å². The summed E-state index contributed by atoms with van der Waals surface area (Å²) in [6.45, 7) is 0. The highest BCUT2D eigenvalue weighted by molar-refractivity contribution is 6.02. The molecule has 0 fully saturated rings. The lowest BCUT2D eigenvalue weighted by Crippen LogP contribution is -2.15. The molecule has 2 amide bonds. The molecule has 25 heavy (non-hydrogen) atoms. The molecule has 0 unspecified atom stereocenters. The van der Waals surface area contributed by atoms with Gasteiger partial charge in [0.15, 0.2) is 5.76 Å². The third kappa shape index (κ3) is 4.54. The smallest absolute Gasteiger partial charge is 0.291 e. The van der Waals surface area contributed by atoms with Crippen molar-refractivity contribution in [3.63, 3.8) is 0 Å². The molecule has 0 spiro atoms. The average Bonchev–Trinajstić information content (AvgIpc) is 3.09. The fourth-order valence-corrected chi connectivity index (χ4v) is 2.31. The summed E-state index contributed by atoms with van der Waals surface area (Å²) in [7, 11) is 0. The summed E-state index contributed by atoms with van der Waals surface area (Å²) < 4.78 is 18.2. The molecule has 0 saturated carbocycles. The quantitative estimate of drug-likeness (QED) is 0.742. The van der Waals surface area contributed by atoms with Gasteiger partial charge in [0.05, 0.1) is 12.7 Å². The van der Waals surface area contributed by atoms with Crippen LogP contribution in [0.25, 0.3) is 0 Å². The lowest BCUT2D eigenvalue weighted by atomic mass is 10.1. The molecule has 3 aromatic rings. The maximum absolute atomic E-state index is 13.2. The summed E-state index contributed by atoms with van der Waals surface area (Å²) in [6, 6.07) is 15.8. The molecule has 0 saturated heterocycles. The minimum atomic E-state index is -0.382. The maximum atomic E-state index is 13.2. The van der Waals surface area contributed by atoms with Crippen LogP contribution >= 0.6 is 0 Å². The first-order valence-corrected chi connectivity index (χ1v) is 7.59. The van der Waals surface area contributed by atoms with Gasteiger partial charge in [-0.15, -0.1) is 0 Å². The molecule has 0 aliphatic rings. The van der Waals surface area contributed by atoms with Gasteiger partial charge in [-0.1, -0.05) is 18.2 Å². The zero-order valence-electron chi connectivity index (χ0n) is 13.2. The molecular formula is C19H15FN2O3. The van der Waals surface area contributed by atoms with Gasteiger partial charge in [0, 0.05) is 11.4 Å². The van der Waals surface area contributed by atoms with Crippen molar-refractivity contribution in [1.29, 1.82) is 0 Å². The number of anilines is 2. The summed E-state index contributed by atoms with van der Waals surface area (Å²) in [6.07, 6.45) is 1.47. The van der Waals surface area contributed by atoms with E-state index >= 15 is 0 Å². The van der Waals surface area contributed by atoms with Crippen LogP contribution in [-0.4, -0.2) is 11.8 Å². The van der Waals surface area contributed by atoms with Crippen LogP contribution < -0.4 is 10.6 Å². The van der Waals surface area contributed by atoms with Crippen LogP contribution in [0.2, 0.25) is 0 Å². The highest BCUT2D eigenvalue weighted by Gasteiger charge is 2.10. The predicted octanol–water partition coefficient (Wildman–Crippen LogP) is 3.85. The summed E-state index contributed by atoms with van der Waals surface area (Å²) >= 11 is 0. The normalized spacial score (nSPS) is 10.3. The van der Waals surface area contributed by atoms with E-state index in [9.17, 15) is 14.0 Å². The van der Waals surface area contributed by atoms with Crippen molar-refractivity contribution in [3.05, 3.63) is 84.1 Å². The lowest BCUT2D eigenvalue weighted by molar-refractivity contribution is -0.115. The Hall–Kier alpha value is -3.41. The molecule has 0 bridgehead atoms. The first-order chi connectivity index (χ1) is 12.1. The molecular weight excluding hydrogens is 323 g/mol. The number of nitrogens with one attached hydrogen (secondary N) is 2. The molecule has 0 radical (unpaired) electrons. The summed E-state index contributed by atoms with van der Waals surface area (Å²) in [5.41, 5.74) is 1.63. The van der Waals surface area contributed by atoms with Crippen molar-refractivity contribution in [1.82, 2.24) is 0 Å². The Labute approximate surface area is 143 Å². The van der Waals surface area contributed by atoms with Crippen LogP contribution in [0, 0.1) is 5.82 Å². The van der Waals surface area contributed by atoms with Gasteiger partial charge in [-0.05, 0) is 48.0 Å². The van der Waals surface area contributed by atoms with Crippen molar-refractivity contribution in [2.75, 3.05) is 10.6 Å². The van der Waals surface area contributed by atoms with Crippen molar-refractivity contribution < 1.29 is 18.4 Å². The van der Waals surface area contributed by atoms with Gasteiger partial charge < -0.3 is 15.1 Å². The molecule has 0 aliphatic carbocycles. The zero-order valence-corrected chi connectivity index (χ0v) is 13.2. The van der Waals surface area contributed by atoms with Gasteiger partial charge in [-0.2, -0.15) is 0 Å². The van der Waals surface area contributed by atoms with Gasteiger partial charge in [-0.25, -0.2) is 4.39 Å². The number of carbonyl (C=O) groups is 2. The van der Waals surface area contributed by atoms with E-state index in [1.807, 2.05) is 0 Å². The predicted molar refractivity (Wildman–Crippen MR) is 91.8 cm³/mol. The number of rotatable bonds is 5. The molecule has 2 N–H and O–H groups in total. The topological polar surface area (TPSA) is 71.3 Å². The van der Waals surface area contributed by atoms with Crippen LogP contribution in [0.1, 0.15) is 16.1 Å². The van der Waals surface area contributed by atoms with E-state index < -0.39 is 0 Å². The van der Waals surface area contributed by atoms with E-state index in [0.29, 0.717) is 16.9 Å². The average molecular weight is 338 g/mol. The van der Waals surface area contributed by atoms with Crippen molar-refractivity contribution in [2.24, 2.45) is 0 Å². The van der Waals surface area contributed by atoms with Gasteiger partial charge in [0.1, 0.15) is 5.82 Å². The number of hydrogen-bond acceptors (Lipinski definition) is 3. The molecule has 3 rings (SSSR count). The van der Waals surface area contributed by atoms with Crippen molar-refractivity contribution >= 4 is 23.2 Å². The Morgan fingerprint density at radius 1 is 0.920 bits per heavy atom. The number of benzene rings is 2. The number of carbonyl (C=O) groups excluding carboxylic acids is 2. The summed E-state index contributed by atoms with van der Waals surface area (Å²) in [5, 5.41) is 5.40. The van der Waals surface area contributed by atoms with Gasteiger partial charge in [-0.3, -0.25) is 9.59 Å². The Balaban J connectivity index is 1.63. The largest absolute Gasteiger partial charge is 0.459 e. The minimum absolute atomic E-state index is 0.0563. The van der Waals surface area contributed by atoms with Crippen LogP contribution in [0.3, 0.4) is 0 Å². The molecule has 6 heteroatoms. The Bertz CT molecular complexity index is 891. The Morgan fingerprint density at radius 2 is 1.68 bits per heavy atom. The van der Waals surface area contributed by atoms with E-state index in [1.54, 1.807) is 48.5 Å². The Kier molecular flexibility index (Phi) is 4.89. The first-order valence-electron chi connectivity index (χ1n) is 7.59. The van der Waals surface area contributed by atoms with Gasteiger partial charge in [0.25, 0.3) is 5.91 Å². The number of halogens is 1. The van der Waals surface area contributed by atoms with E-state index in [4.69, 9.17) is 4.42 Å². The highest BCUT2D eigenvalue weighted by Crippen LogP contribution is 2.17. The summed E-state index contributed by atoms with van der Waals surface area (Å²) in [4.78, 5) is 24.0. The van der Waals surface area contributed by atoms with E-state index in [1.165, 1.54) is 18.4 Å². The monoisotopic (exact) mass is 338 g/mol. The third-order valence-electron chi connectivity index (χ3n) is 3.40. The van der Waals surface area contributed by atoms with E-state index in [0.717, 1.165) is 0 Å². The second-order valence-electron chi connectivity index (χ2n) is 5.37. The van der Waals surface area contributed by atoms with Crippen LogP contribution in [0.5, 0.6) is 0 Å². The number of amides is 2. The highest BCUT2D eigenvalue weighted by atomic mass is 19.1. The minimum Gasteiger partial charge on any atom is -0.459 e. The molecule has 126 valence electrons. The fourth-order valence-electron chi connectivity index (χ4n) is 2.31. The summed E-state index contributed by atoms with van der Waals surface area (Å²) in [5.74, 6) is -0.846. The fraction of sp³-hybridized carbons (Fsp3) is 0.0526. The second-order valence-corrected chi connectivity index (χ2v) is 5.37. The van der Waals surface area contributed by atoms with Crippen LogP contribution in [0.15, 0.2) is 71.3 Å². The second kappa shape index (κ2) is 7.44. The van der Waals surface area contributed by atoms with Gasteiger partial charge >= 0.3 is 0 Å². The van der Waals surface area contributed by atoms with E-state index in [2.05, 4.69) is 10.6 Å². The first kappa shape index (κ1) is 16.4. The Morgan fingerprint density at radius 3 is 2.40 bits per heavy atom.